The molecule has 0 heterocycles. The van der Waals surface area contributed by atoms with Crippen LogP contribution in [-0.2, 0) is 4.79 Å². The van der Waals surface area contributed by atoms with Crippen LogP contribution in [0.5, 0.6) is 0 Å². The van der Waals surface area contributed by atoms with Crippen LogP contribution in [0.4, 0.5) is 0 Å². The average Bonchev–Trinajstić information content (AvgIpc) is 2.16. The van der Waals surface area contributed by atoms with Crippen LogP contribution in [0.25, 0.3) is 0 Å². The minimum atomic E-state index is -0.643. The maximum absolute atomic E-state index is 10.4. The zero-order chi connectivity index (χ0) is 15.1. The van der Waals surface area contributed by atoms with Crippen molar-refractivity contribution in [2.24, 2.45) is 5.92 Å². The third-order valence-corrected chi connectivity index (χ3v) is 1.75. The fraction of sp³-hybridized carbons (Fsp3) is 0.929. The molecule has 0 spiro atoms. The van der Waals surface area contributed by atoms with E-state index in [1.54, 1.807) is 27.7 Å². The molecular weight excluding hydrogens is 441 g/mol. The molecule has 0 aliphatic rings. The van der Waals surface area contributed by atoms with Gasteiger partial charge in [-0.1, -0.05) is 26.7 Å². The van der Waals surface area contributed by atoms with Gasteiger partial charge in [0.1, 0.15) is 0 Å². The first-order chi connectivity index (χ1) is 8.18. The molecule has 5 heteroatoms. The van der Waals surface area contributed by atoms with E-state index in [4.69, 9.17) is 15.3 Å². The molecule has 0 saturated heterocycles. The number of aliphatic carboxylic acids is 1. The van der Waals surface area contributed by atoms with Gasteiger partial charge in [-0.15, -0.1) is 0 Å². The molecule has 0 rings (SSSR count). The van der Waals surface area contributed by atoms with Gasteiger partial charge < -0.3 is 15.3 Å². The van der Waals surface area contributed by atoms with Crippen molar-refractivity contribution in [3.63, 3.8) is 0 Å². The molecule has 3 N–H and O–H groups in total. The van der Waals surface area contributed by atoms with Crippen molar-refractivity contribution in [3.8, 4) is 0 Å². The summed E-state index contributed by atoms with van der Waals surface area (Å²) in [6, 6.07) is 0. The van der Waals surface area contributed by atoms with Gasteiger partial charge in [-0.3, -0.25) is 4.79 Å². The van der Waals surface area contributed by atoms with Crippen LogP contribution in [0.1, 0.15) is 67.2 Å². The van der Waals surface area contributed by atoms with Crippen molar-refractivity contribution in [1.82, 2.24) is 0 Å². The fourth-order valence-corrected chi connectivity index (χ4v) is 0.953. The number of carbonyl (C=O) groups is 1. The van der Waals surface area contributed by atoms with Crippen LogP contribution in [0.2, 0.25) is 0 Å². The quantitative estimate of drug-likeness (QED) is 0.530. The first-order valence-corrected chi connectivity index (χ1v) is 6.77. The molecule has 0 bridgehead atoms. The van der Waals surface area contributed by atoms with Crippen LogP contribution in [0.15, 0.2) is 0 Å². The van der Waals surface area contributed by atoms with E-state index >= 15 is 0 Å². The Bertz CT molecular complexity index is 161. The molecule has 0 fully saturated rings. The van der Waals surface area contributed by atoms with Crippen LogP contribution in [0.3, 0.4) is 0 Å². The number of hydrogen-bond donors (Lipinski definition) is 3. The Kier molecular flexibility index (Phi) is 29.9. The summed E-state index contributed by atoms with van der Waals surface area (Å²) in [5.41, 5.74) is 0. The number of carboxylic acids is 1. The first-order valence-electron chi connectivity index (χ1n) is 6.77. The van der Waals surface area contributed by atoms with E-state index in [1.807, 2.05) is 6.92 Å². The van der Waals surface area contributed by atoms with E-state index in [1.165, 1.54) is 0 Å². The molecule has 120 valence electrons. The second kappa shape index (κ2) is 20.6. The van der Waals surface area contributed by atoms with E-state index in [0.29, 0.717) is 0 Å². The summed E-state index contributed by atoms with van der Waals surface area (Å²) in [6.07, 6.45) is 3.38. The first kappa shape index (κ1) is 27.6. The van der Waals surface area contributed by atoms with Crippen LogP contribution >= 0.6 is 0 Å². The summed E-state index contributed by atoms with van der Waals surface area (Å²) >= 11 is 0. The van der Waals surface area contributed by atoms with Gasteiger partial charge in [-0.2, -0.15) is 0 Å². The number of carboxylic acid groups (broad SMARTS) is 1. The van der Waals surface area contributed by atoms with Crippen molar-refractivity contribution in [1.29, 1.82) is 0 Å². The van der Waals surface area contributed by atoms with Gasteiger partial charge in [0.15, 0.2) is 0 Å². The van der Waals surface area contributed by atoms with Crippen molar-refractivity contribution < 1.29 is 20.1 Å². The number of unbranched alkanes of at least 4 members (excludes halogenated alkanes) is 1. The van der Waals surface area contributed by atoms with Gasteiger partial charge in [-0.25, -0.2) is 0 Å². The second-order valence-corrected chi connectivity index (χ2v) is 4.77. The summed E-state index contributed by atoms with van der Waals surface area (Å²) in [7, 11) is 0. The average molecular weight is 476 g/mol. The Morgan fingerprint density at radius 1 is 1.00 bits per heavy atom. The van der Waals surface area contributed by atoms with E-state index in [2.05, 4.69) is 6.92 Å². The normalized spacial score (nSPS) is 10.6. The van der Waals surface area contributed by atoms with E-state index in [0.717, 1.165) is 25.7 Å². The van der Waals surface area contributed by atoms with Crippen LogP contribution < -0.4 is 0 Å². The third kappa shape index (κ3) is 45.9. The fourth-order valence-electron chi connectivity index (χ4n) is 0.953. The molecule has 0 aromatic carbocycles. The number of rotatable bonds is 5. The zero-order valence-electron chi connectivity index (χ0n) is 13.5. The molecule has 0 amide bonds. The number of aliphatic hydroxyl groups excluding tert-OH is 2. The van der Waals surface area contributed by atoms with Crippen molar-refractivity contribution in [2.75, 3.05) is 0 Å². The molecular formula is C14H35BiO4. The van der Waals surface area contributed by atoms with Gasteiger partial charge in [0, 0.05) is 12.2 Å². The molecule has 0 aromatic heterocycles. The zero-order valence-corrected chi connectivity index (χ0v) is 19.0. The third-order valence-electron chi connectivity index (χ3n) is 1.75. The predicted octanol–water partition coefficient (Wildman–Crippen LogP) is 1.88. The van der Waals surface area contributed by atoms with Crippen LogP contribution in [0, 0.1) is 5.92 Å². The minimum absolute atomic E-state index is 0. The SMILES string of the molecule is CC(C)O.CC(C)O.CCCCC(CC)C(=O)O.[BiH3]. The summed E-state index contributed by atoms with van der Waals surface area (Å²) in [6.45, 7) is 10.9. The van der Waals surface area contributed by atoms with Gasteiger partial charge in [0.25, 0.3) is 0 Å². The molecule has 0 aromatic rings. The monoisotopic (exact) mass is 476 g/mol. The molecule has 0 aliphatic carbocycles. The molecule has 0 saturated carbocycles. The standard InChI is InChI=1S/C8H16O2.2C3H8O.Bi.3H/c1-3-5-6-7(4-2)8(9)10;2*1-3(2)4;;;;/h7H,3-6H2,1-2H3,(H,9,10);2*3-4H,1-2H3;;;;. The van der Waals surface area contributed by atoms with Gasteiger partial charge in [0.2, 0.25) is 0 Å². The summed E-state index contributed by atoms with van der Waals surface area (Å²) in [5.74, 6) is -0.754. The second-order valence-electron chi connectivity index (χ2n) is 4.77. The molecule has 19 heavy (non-hydrogen) atoms. The molecule has 1 unspecified atom stereocenters. The Labute approximate surface area is 137 Å². The molecule has 0 aliphatic heterocycles. The molecule has 0 radical (unpaired) electrons. The molecule has 4 nitrogen and oxygen atoms in total. The van der Waals surface area contributed by atoms with E-state index < -0.39 is 5.97 Å². The van der Waals surface area contributed by atoms with E-state index in [-0.39, 0.29) is 44.3 Å². The Morgan fingerprint density at radius 2 is 1.32 bits per heavy atom. The summed E-state index contributed by atoms with van der Waals surface area (Å²) < 4.78 is 0. The van der Waals surface area contributed by atoms with Gasteiger partial charge >= 0.3 is 32.2 Å². The van der Waals surface area contributed by atoms with Gasteiger partial charge in [-0.05, 0) is 40.5 Å². The van der Waals surface area contributed by atoms with Gasteiger partial charge in [0.05, 0.1) is 5.92 Å². The summed E-state index contributed by atoms with van der Waals surface area (Å²) in [5, 5.41) is 24.7. The Morgan fingerprint density at radius 3 is 1.47 bits per heavy atom. The number of hydrogen-bond acceptors (Lipinski definition) is 3. The predicted molar refractivity (Wildman–Crippen MR) is 85.6 cm³/mol. The van der Waals surface area contributed by atoms with Crippen LogP contribution in [-0.4, -0.2) is 59.7 Å². The van der Waals surface area contributed by atoms with Crippen molar-refractivity contribution in [2.45, 2.75) is 79.4 Å². The molecule has 1 atom stereocenters. The summed E-state index contributed by atoms with van der Waals surface area (Å²) in [4.78, 5) is 10.4. The van der Waals surface area contributed by atoms with Crippen molar-refractivity contribution >= 4 is 32.2 Å². The Balaban J connectivity index is -0.000000105. The van der Waals surface area contributed by atoms with E-state index in [9.17, 15) is 4.79 Å². The van der Waals surface area contributed by atoms with Crippen molar-refractivity contribution in [3.05, 3.63) is 0 Å². The number of aliphatic hydroxyl groups is 2. The topological polar surface area (TPSA) is 77.8 Å². The Hall–Kier alpha value is 0.273. The maximum atomic E-state index is 10.4.